The van der Waals surface area contributed by atoms with E-state index in [2.05, 4.69) is 10.4 Å². The van der Waals surface area contributed by atoms with E-state index >= 15 is 0 Å². The zero-order valence-electron chi connectivity index (χ0n) is 10.2. The van der Waals surface area contributed by atoms with Gasteiger partial charge in [0.15, 0.2) is 0 Å². The maximum atomic E-state index is 12.0. The minimum atomic E-state index is -0.0690. The number of carbonyl (C=O) groups is 1. The highest BCUT2D eigenvalue weighted by Gasteiger charge is 2.22. The van der Waals surface area contributed by atoms with Gasteiger partial charge in [0.25, 0.3) is 5.91 Å². The van der Waals surface area contributed by atoms with Crippen LogP contribution in [0.15, 0.2) is 12.4 Å². The normalized spacial score (nSPS) is 25.3. The Kier molecular flexibility index (Phi) is 3.78. The fourth-order valence-electron chi connectivity index (χ4n) is 2.31. The third kappa shape index (κ3) is 3.06. The predicted molar refractivity (Wildman–Crippen MR) is 65.5 cm³/mol. The number of amides is 1. The summed E-state index contributed by atoms with van der Waals surface area (Å²) in [7, 11) is 1.80. The number of hydrogen-bond acceptors (Lipinski definition) is 3. The first kappa shape index (κ1) is 12.1. The average Bonchev–Trinajstić information content (AvgIpc) is 2.63. The summed E-state index contributed by atoms with van der Waals surface area (Å²) in [5, 5.41) is 7.01. The van der Waals surface area contributed by atoms with E-state index in [0.29, 0.717) is 5.56 Å². The van der Waals surface area contributed by atoms with Crippen molar-refractivity contribution < 1.29 is 4.79 Å². The molecular weight excluding hydrogens is 216 g/mol. The molecule has 2 atom stereocenters. The van der Waals surface area contributed by atoms with Crippen molar-refractivity contribution in [1.29, 1.82) is 0 Å². The van der Waals surface area contributed by atoms with E-state index in [1.165, 1.54) is 12.8 Å². The summed E-state index contributed by atoms with van der Waals surface area (Å²) < 4.78 is 1.63. The second kappa shape index (κ2) is 5.31. The molecule has 0 bridgehead atoms. The number of hydrogen-bond donors (Lipinski definition) is 2. The van der Waals surface area contributed by atoms with Crippen LogP contribution in [0.5, 0.6) is 0 Å². The predicted octanol–water partition coefficient (Wildman–Crippen LogP) is 0.810. The van der Waals surface area contributed by atoms with E-state index in [4.69, 9.17) is 5.73 Å². The lowest BCUT2D eigenvalue weighted by atomic mass is 10.0. The number of aryl methyl sites for hydroxylation is 1. The summed E-state index contributed by atoms with van der Waals surface area (Å²) >= 11 is 0. The van der Waals surface area contributed by atoms with E-state index < -0.39 is 0 Å². The van der Waals surface area contributed by atoms with Crippen LogP contribution < -0.4 is 11.1 Å². The largest absolute Gasteiger partial charge is 0.348 e. The van der Waals surface area contributed by atoms with Crippen LogP contribution in [-0.4, -0.2) is 27.8 Å². The van der Waals surface area contributed by atoms with Crippen LogP contribution in [0.2, 0.25) is 0 Å². The molecule has 2 rings (SSSR count). The molecule has 0 radical (unpaired) electrons. The molecule has 1 fully saturated rings. The molecule has 1 aromatic heterocycles. The van der Waals surface area contributed by atoms with Crippen molar-refractivity contribution in [2.45, 2.75) is 44.2 Å². The molecule has 0 saturated heterocycles. The standard InChI is InChI=1S/C12H20N4O/c1-16-8-9(7-14-16)12(17)15-11-6-4-2-3-5-10(11)13/h7-8,10-11H,2-6,13H2,1H3,(H,15,17). The van der Waals surface area contributed by atoms with Gasteiger partial charge < -0.3 is 11.1 Å². The van der Waals surface area contributed by atoms with Crippen LogP contribution in [-0.2, 0) is 7.05 Å². The molecule has 0 aromatic carbocycles. The number of carbonyl (C=O) groups excluding carboxylic acids is 1. The lowest BCUT2D eigenvalue weighted by molar-refractivity contribution is 0.0928. The molecular formula is C12H20N4O. The third-order valence-corrected chi connectivity index (χ3v) is 3.35. The summed E-state index contributed by atoms with van der Waals surface area (Å²) in [4.78, 5) is 12.0. The van der Waals surface area contributed by atoms with Gasteiger partial charge in [0, 0.05) is 25.3 Å². The van der Waals surface area contributed by atoms with Crippen molar-refractivity contribution >= 4 is 5.91 Å². The zero-order valence-corrected chi connectivity index (χ0v) is 10.2. The number of nitrogens with two attached hydrogens (primary N) is 1. The van der Waals surface area contributed by atoms with Gasteiger partial charge in [-0.3, -0.25) is 9.48 Å². The van der Waals surface area contributed by atoms with Crippen LogP contribution in [0.4, 0.5) is 0 Å². The van der Waals surface area contributed by atoms with Crippen molar-refractivity contribution in [2.75, 3.05) is 0 Å². The first-order valence-electron chi connectivity index (χ1n) is 6.22. The molecule has 1 amide bonds. The first-order chi connectivity index (χ1) is 8.16. The van der Waals surface area contributed by atoms with Gasteiger partial charge in [-0.1, -0.05) is 19.3 Å². The van der Waals surface area contributed by atoms with E-state index in [1.807, 2.05) is 0 Å². The van der Waals surface area contributed by atoms with Crippen molar-refractivity contribution in [3.05, 3.63) is 18.0 Å². The summed E-state index contributed by atoms with van der Waals surface area (Å²) in [5.74, 6) is -0.0690. The van der Waals surface area contributed by atoms with E-state index in [-0.39, 0.29) is 18.0 Å². The highest BCUT2D eigenvalue weighted by Crippen LogP contribution is 2.17. The molecule has 1 aliphatic carbocycles. The number of aromatic nitrogens is 2. The summed E-state index contributed by atoms with van der Waals surface area (Å²) in [6.07, 6.45) is 8.80. The molecule has 0 aliphatic heterocycles. The average molecular weight is 236 g/mol. The Hall–Kier alpha value is -1.36. The first-order valence-corrected chi connectivity index (χ1v) is 6.22. The molecule has 17 heavy (non-hydrogen) atoms. The molecule has 1 saturated carbocycles. The summed E-state index contributed by atoms with van der Waals surface area (Å²) in [6.45, 7) is 0. The molecule has 5 nitrogen and oxygen atoms in total. The lowest BCUT2D eigenvalue weighted by Gasteiger charge is -2.22. The quantitative estimate of drug-likeness (QED) is 0.746. The van der Waals surface area contributed by atoms with Crippen LogP contribution in [0.1, 0.15) is 42.5 Å². The van der Waals surface area contributed by atoms with Crippen molar-refractivity contribution in [3.63, 3.8) is 0 Å². The Morgan fingerprint density at radius 3 is 2.94 bits per heavy atom. The number of nitrogens with one attached hydrogen (secondary N) is 1. The Morgan fingerprint density at radius 2 is 2.24 bits per heavy atom. The highest BCUT2D eigenvalue weighted by atomic mass is 16.1. The summed E-state index contributed by atoms with van der Waals surface area (Å²) in [6, 6.07) is 0.184. The second-order valence-electron chi connectivity index (χ2n) is 4.78. The second-order valence-corrected chi connectivity index (χ2v) is 4.78. The molecule has 0 spiro atoms. The van der Waals surface area contributed by atoms with E-state index in [9.17, 15) is 4.79 Å². The number of rotatable bonds is 2. The third-order valence-electron chi connectivity index (χ3n) is 3.35. The fraction of sp³-hybridized carbons (Fsp3) is 0.667. The Bertz CT molecular complexity index is 388. The van der Waals surface area contributed by atoms with Gasteiger partial charge in [0.05, 0.1) is 11.8 Å². The van der Waals surface area contributed by atoms with Crippen LogP contribution in [0.3, 0.4) is 0 Å². The van der Waals surface area contributed by atoms with E-state index in [1.54, 1.807) is 24.1 Å². The zero-order chi connectivity index (χ0) is 12.3. The highest BCUT2D eigenvalue weighted by molar-refractivity contribution is 5.93. The van der Waals surface area contributed by atoms with Gasteiger partial charge in [-0.25, -0.2) is 0 Å². The molecule has 1 aromatic rings. The van der Waals surface area contributed by atoms with Crippen molar-refractivity contribution in [2.24, 2.45) is 12.8 Å². The topological polar surface area (TPSA) is 72.9 Å². The van der Waals surface area contributed by atoms with Crippen LogP contribution in [0, 0.1) is 0 Å². The Labute approximate surface area is 101 Å². The van der Waals surface area contributed by atoms with Crippen molar-refractivity contribution in [1.82, 2.24) is 15.1 Å². The van der Waals surface area contributed by atoms with Gasteiger partial charge >= 0.3 is 0 Å². The van der Waals surface area contributed by atoms with Gasteiger partial charge in [-0.2, -0.15) is 5.10 Å². The molecule has 1 heterocycles. The van der Waals surface area contributed by atoms with Gasteiger partial charge in [0.2, 0.25) is 0 Å². The Morgan fingerprint density at radius 1 is 1.47 bits per heavy atom. The molecule has 3 N–H and O–H groups in total. The van der Waals surface area contributed by atoms with Gasteiger partial charge in [-0.05, 0) is 12.8 Å². The monoisotopic (exact) mass is 236 g/mol. The van der Waals surface area contributed by atoms with Gasteiger partial charge in [0.1, 0.15) is 0 Å². The van der Waals surface area contributed by atoms with Crippen LogP contribution >= 0.6 is 0 Å². The summed E-state index contributed by atoms with van der Waals surface area (Å²) in [5.41, 5.74) is 6.68. The van der Waals surface area contributed by atoms with E-state index in [0.717, 1.165) is 19.3 Å². The SMILES string of the molecule is Cn1cc(C(=O)NC2CCCCCC2N)cn1. The number of nitrogens with zero attached hydrogens (tertiary/aromatic N) is 2. The minimum Gasteiger partial charge on any atom is -0.348 e. The molecule has 94 valence electrons. The van der Waals surface area contributed by atoms with Crippen LogP contribution in [0.25, 0.3) is 0 Å². The molecule has 5 heteroatoms. The van der Waals surface area contributed by atoms with Gasteiger partial charge in [-0.15, -0.1) is 0 Å². The Balaban J connectivity index is 1.97. The van der Waals surface area contributed by atoms with Crippen molar-refractivity contribution in [3.8, 4) is 0 Å². The lowest BCUT2D eigenvalue weighted by Crippen LogP contribution is -2.46. The maximum Gasteiger partial charge on any atom is 0.254 e. The minimum absolute atomic E-state index is 0.0690. The molecule has 1 aliphatic rings. The maximum absolute atomic E-state index is 12.0. The molecule has 2 unspecified atom stereocenters. The smallest absolute Gasteiger partial charge is 0.254 e. The fourth-order valence-corrected chi connectivity index (χ4v) is 2.31.